The number of fused-ring (bicyclic) bond motifs is 3. The molecule has 0 saturated heterocycles. The van der Waals surface area contributed by atoms with Gasteiger partial charge in [-0.2, -0.15) is 0 Å². The SMILES string of the molecule is CNCC1(OC)CC2CCC1CC2. The first-order valence-electron chi connectivity index (χ1n) is 5.50. The Kier molecular flexibility index (Phi) is 2.61. The fraction of sp³-hybridized carbons (Fsp3) is 1.00. The summed E-state index contributed by atoms with van der Waals surface area (Å²) >= 11 is 0. The standard InChI is InChI=1S/C11H21NO/c1-12-8-11(13-2)7-9-3-5-10(11)6-4-9/h9-10,12H,3-8H2,1-2H3. The molecule has 0 radical (unpaired) electrons. The largest absolute Gasteiger partial charge is 0.377 e. The van der Waals surface area contributed by atoms with Gasteiger partial charge in [0.1, 0.15) is 0 Å². The third-order valence-corrected chi connectivity index (χ3v) is 4.11. The average molecular weight is 183 g/mol. The van der Waals surface area contributed by atoms with E-state index in [9.17, 15) is 0 Å². The summed E-state index contributed by atoms with van der Waals surface area (Å²) in [6.45, 7) is 1.03. The van der Waals surface area contributed by atoms with Gasteiger partial charge >= 0.3 is 0 Å². The zero-order valence-electron chi connectivity index (χ0n) is 8.81. The number of hydrogen-bond donors (Lipinski definition) is 1. The van der Waals surface area contributed by atoms with Gasteiger partial charge < -0.3 is 10.1 Å². The van der Waals surface area contributed by atoms with Crippen molar-refractivity contribution in [3.8, 4) is 0 Å². The monoisotopic (exact) mass is 183 g/mol. The van der Waals surface area contributed by atoms with E-state index in [0.717, 1.165) is 18.4 Å². The number of ether oxygens (including phenoxy) is 1. The summed E-state index contributed by atoms with van der Waals surface area (Å²) in [5, 5.41) is 3.29. The summed E-state index contributed by atoms with van der Waals surface area (Å²) in [4.78, 5) is 0. The maximum absolute atomic E-state index is 5.79. The Morgan fingerprint density at radius 2 is 2.00 bits per heavy atom. The number of nitrogens with one attached hydrogen (secondary N) is 1. The van der Waals surface area contributed by atoms with Gasteiger partial charge in [-0.1, -0.05) is 0 Å². The fourth-order valence-electron chi connectivity index (χ4n) is 3.39. The molecule has 3 saturated carbocycles. The van der Waals surface area contributed by atoms with Crippen molar-refractivity contribution in [3.63, 3.8) is 0 Å². The quantitative estimate of drug-likeness (QED) is 0.720. The van der Waals surface area contributed by atoms with Crippen LogP contribution in [0, 0.1) is 11.8 Å². The van der Waals surface area contributed by atoms with Gasteiger partial charge in [-0.05, 0) is 51.0 Å². The van der Waals surface area contributed by atoms with E-state index in [1.807, 2.05) is 14.2 Å². The first-order valence-corrected chi connectivity index (χ1v) is 5.50. The van der Waals surface area contributed by atoms with Crippen molar-refractivity contribution in [2.24, 2.45) is 11.8 Å². The zero-order valence-corrected chi connectivity index (χ0v) is 8.81. The molecular formula is C11H21NO. The van der Waals surface area contributed by atoms with Crippen LogP contribution in [-0.4, -0.2) is 26.3 Å². The summed E-state index contributed by atoms with van der Waals surface area (Å²) in [5.74, 6) is 1.76. The van der Waals surface area contributed by atoms with Gasteiger partial charge in [0.05, 0.1) is 5.60 Å². The summed E-state index contributed by atoms with van der Waals surface area (Å²) in [6.07, 6.45) is 6.95. The second-order valence-electron chi connectivity index (χ2n) is 4.72. The van der Waals surface area contributed by atoms with E-state index >= 15 is 0 Å². The first kappa shape index (κ1) is 9.47. The van der Waals surface area contributed by atoms with Crippen LogP contribution in [0.15, 0.2) is 0 Å². The van der Waals surface area contributed by atoms with E-state index in [0.29, 0.717) is 0 Å². The van der Waals surface area contributed by atoms with Crippen molar-refractivity contribution in [2.75, 3.05) is 20.7 Å². The first-order chi connectivity index (χ1) is 6.30. The molecule has 0 spiro atoms. The van der Waals surface area contributed by atoms with E-state index in [1.54, 1.807) is 0 Å². The molecule has 1 atom stereocenters. The Hall–Kier alpha value is -0.0800. The van der Waals surface area contributed by atoms with E-state index in [-0.39, 0.29) is 5.60 Å². The Balaban J connectivity index is 2.10. The molecule has 3 fully saturated rings. The molecule has 3 aliphatic rings. The fourth-order valence-corrected chi connectivity index (χ4v) is 3.39. The van der Waals surface area contributed by atoms with Crippen molar-refractivity contribution in [3.05, 3.63) is 0 Å². The van der Waals surface area contributed by atoms with Crippen LogP contribution in [0.4, 0.5) is 0 Å². The maximum atomic E-state index is 5.79. The third-order valence-electron chi connectivity index (χ3n) is 4.11. The van der Waals surface area contributed by atoms with E-state index < -0.39 is 0 Å². The van der Waals surface area contributed by atoms with Crippen molar-refractivity contribution < 1.29 is 4.74 Å². The molecule has 0 aromatic rings. The maximum Gasteiger partial charge on any atom is 0.0832 e. The predicted octanol–water partition coefficient (Wildman–Crippen LogP) is 1.80. The zero-order chi connectivity index (χ0) is 9.31. The van der Waals surface area contributed by atoms with Crippen LogP contribution in [-0.2, 0) is 4.74 Å². The Morgan fingerprint density at radius 1 is 1.31 bits per heavy atom. The van der Waals surface area contributed by atoms with Crippen molar-refractivity contribution in [2.45, 2.75) is 37.7 Å². The van der Waals surface area contributed by atoms with Gasteiger partial charge in [0.15, 0.2) is 0 Å². The summed E-state index contributed by atoms with van der Waals surface area (Å²) in [5.41, 5.74) is 0.177. The minimum Gasteiger partial charge on any atom is -0.377 e. The van der Waals surface area contributed by atoms with E-state index in [4.69, 9.17) is 4.74 Å². The molecule has 76 valence electrons. The van der Waals surface area contributed by atoms with Crippen LogP contribution in [0.5, 0.6) is 0 Å². The number of likely N-dealkylation sites (N-methyl/N-ethyl adjacent to an activating group) is 1. The highest BCUT2D eigenvalue weighted by atomic mass is 16.5. The molecule has 0 aromatic heterocycles. The van der Waals surface area contributed by atoms with Gasteiger partial charge in [0.25, 0.3) is 0 Å². The average Bonchev–Trinajstić information content (AvgIpc) is 2.20. The molecule has 1 unspecified atom stereocenters. The number of methoxy groups -OCH3 is 1. The molecule has 0 aromatic carbocycles. The molecule has 0 aliphatic heterocycles. The molecule has 2 nitrogen and oxygen atoms in total. The second kappa shape index (κ2) is 3.58. The Labute approximate surface area is 81.0 Å². The second-order valence-corrected chi connectivity index (χ2v) is 4.72. The van der Waals surface area contributed by atoms with Gasteiger partial charge in [-0.25, -0.2) is 0 Å². The topological polar surface area (TPSA) is 21.3 Å². The molecular weight excluding hydrogens is 162 g/mol. The van der Waals surface area contributed by atoms with Crippen molar-refractivity contribution >= 4 is 0 Å². The van der Waals surface area contributed by atoms with Crippen LogP contribution in [0.3, 0.4) is 0 Å². The minimum absolute atomic E-state index is 0.177. The minimum atomic E-state index is 0.177. The lowest BCUT2D eigenvalue weighted by Crippen LogP contribution is -2.54. The third kappa shape index (κ3) is 1.50. The molecule has 3 rings (SSSR count). The van der Waals surface area contributed by atoms with Crippen LogP contribution in [0.25, 0.3) is 0 Å². The molecule has 2 bridgehead atoms. The van der Waals surface area contributed by atoms with E-state index in [1.165, 1.54) is 32.1 Å². The molecule has 1 N–H and O–H groups in total. The van der Waals surface area contributed by atoms with Crippen LogP contribution in [0.2, 0.25) is 0 Å². The normalized spacial score (nSPS) is 43.8. The summed E-state index contributed by atoms with van der Waals surface area (Å²) in [7, 11) is 3.92. The molecule has 0 heterocycles. The summed E-state index contributed by atoms with van der Waals surface area (Å²) < 4.78 is 5.79. The van der Waals surface area contributed by atoms with Gasteiger partial charge in [-0.15, -0.1) is 0 Å². The molecule has 3 aliphatic carbocycles. The molecule has 2 heteroatoms. The number of rotatable bonds is 3. The van der Waals surface area contributed by atoms with Crippen molar-refractivity contribution in [1.82, 2.24) is 5.32 Å². The highest BCUT2D eigenvalue weighted by Gasteiger charge is 2.47. The lowest BCUT2D eigenvalue weighted by Gasteiger charge is -2.50. The lowest BCUT2D eigenvalue weighted by molar-refractivity contribution is -0.120. The smallest absolute Gasteiger partial charge is 0.0832 e. The van der Waals surface area contributed by atoms with Crippen LogP contribution < -0.4 is 5.32 Å². The number of hydrogen-bond acceptors (Lipinski definition) is 2. The van der Waals surface area contributed by atoms with Crippen LogP contribution >= 0.6 is 0 Å². The Morgan fingerprint density at radius 3 is 2.38 bits per heavy atom. The van der Waals surface area contributed by atoms with Gasteiger partial charge in [0.2, 0.25) is 0 Å². The highest BCUT2D eigenvalue weighted by molar-refractivity contribution is 4.99. The molecule has 0 amide bonds. The van der Waals surface area contributed by atoms with Crippen molar-refractivity contribution in [1.29, 1.82) is 0 Å². The highest BCUT2D eigenvalue weighted by Crippen LogP contribution is 2.48. The van der Waals surface area contributed by atoms with Crippen LogP contribution in [0.1, 0.15) is 32.1 Å². The lowest BCUT2D eigenvalue weighted by atomic mass is 9.62. The van der Waals surface area contributed by atoms with Gasteiger partial charge in [-0.3, -0.25) is 0 Å². The van der Waals surface area contributed by atoms with Gasteiger partial charge in [0, 0.05) is 13.7 Å². The predicted molar refractivity (Wildman–Crippen MR) is 53.7 cm³/mol. The Bertz CT molecular complexity index is 175. The molecule has 13 heavy (non-hydrogen) atoms. The summed E-state index contributed by atoms with van der Waals surface area (Å²) in [6, 6.07) is 0. The van der Waals surface area contributed by atoms with E-state index in [2.05, 4.69) is 5.32 Å².